The lowest BCUT2D eigenvalue weighted by Crippen LogP contribution is -2.23. The van der Waals surface area contributed by atoms with Crippen LogP contribution < -0.4 is 10.4 Å². The van der Waals surface area contributed by atoms with E-state index < -0.39 is 12.1 Å². The van der Waals surface area contributed by atoms with E-state index in [1.165, 1.54) is 25.2 Å². The van der Waals surface area contributed by atoms with Gasteiger partial charge in [0.25, 0.3) is 6.43 Å². The molecule has 3 aromatic rings. The van der Waals surface area contributed by atoms with Gasteiger partial charge in [0, 0.05) is 12.6 Å². The van der Waals surface area contributed by atoms with Crippen LogP contribution in [0.1, 0.15) is 23.1 Å². The van der Waals surface area contributed by atoms with Gasteiger partial charge in [0.2, 0.25) is 0 Å². The summed E-state index contributed by atoms with van der Waals surface area (Å²) >= 11 is 0. The zero-order valence-electron chi connectivity index (χ0n) is 14.0. The molecule has 1 aromatic heterocycles. The summed E-state index contributed by atoms with van der Waals surface area (Å²) in [6.07, 6.45) is -1.05. The summed E-state index contributed by atoms with van der Waals surface area (Å²) in [5, 5.41) is 7.53. The highest BCUT2D eigenvalue weighted by Crippen LogP contribution is 2.30. The third-order valence-corrected chi connectivity index (χ3v) is 3.88. The molecule has 1 heterocycles. The SMILES string of the molecule is C=Cc1cccc(-n2nnn(C)c2=O)c1COc1ccccc1C(F)F. The number of hydrogen-bond acceptors (Lipinski definition) is 4. The first kappa shape index (κ1) is 17.5. The van der Waals surface area contributed by atoms with Gasteiger partial charge in [-0.3, -0.25) is 0 Å². The quantitative estimate of drug-likeness (QED) is 0.679. The Balaban J connectivity index is 2.01. The molecule has 0 amide bonds. The van der Waals surface area contributed by atoms with Crippen LogP contribution in [0.2, 0.25) is 0 Å². The molecular formula is C18H16F2N4O2. The number of ether oxygens (including phenoxy) is 1. The lowest BCUT2D eigenvalue weighted by Gasteiger charge is -2.15. The maximum Gasteiger partial charge on any atom is 0.368 e. The van der Waals surface area contributed by atoms with Crippen molar-refractivity contribution in [2.45, 2.75) is 13.0 Å². The monoisotopic (exact) mass is 358 g/mol. The van der Waals surface area contributed by atoms with Crippen LogP contribution in [0, 0.1) is 0 Å². The fraction of sp³-hybridized carbons (Fsp3) is 0.167. The normalized spacial score (nSPS) is 10.9. The number of rotatable bonds is 6. The molecule has 0 bridgehead atoms. The average Bonchev–Trinajstić information content (AvgIpc) is 2.98. The van der Waals surface area contributed by atoms with Gasteiger partial charge in [-0.25, -0.2) is 13.6 Å². The van der Waals surface area contributed by atoms with Crippen LogP contribution in [0.3, 0.4) is 0 Å². The lowest BCUT2D eigenvalue weighted by molar-refractivity contribution is 0.144. The van der Waals surface area contributed by atoms with Gasteiger partial charge in [0.05, 0.1) is 11.3 Å². The van der Waals surface area contributed by atoms with Crippen molar-refractivity contribution in [3.05, 3.63) is 76.2 Å². The molecule has 0 aliphatic carbocycles. The summed E-state index contributed by atoms with van der Waals surface area (Å²) < 4.78 is 34.1. The van der Waals surface area contributed by atoms with Gasteiger partial charge in [0.15, 0.2) is 0 Å². The number of aromatic nitrogens is 4. The smallest absolute Gasteiger partial charge is 0.368 e. The predicted molar refractivity (Wildman–Crippen MR) is 92.4 cm³/mol. The maximum atomic E-state index is 13.1. The van der Waals surface area contributed by atoms with Crippen LogP contribution in [0.4, 0.5) is 8.78 Å². The van der Waals surface area contributed by atoms with E-state index >= 15 is 0 Å². The second-order valence-electron chi connectivity index (χ2n) is 5.47. The molecule has 0 atom stereocenters. The van der Waals surface area contributed by atoms with E-state index in [2.05, 4.69) is 17.0 Å². The standard InChI is InChI=1S/C18H16F2N4O2/c1-3-12-7-6-9-15(24-18(25)23(2)21-22-24)14(12)11-26-16-10-5-4-8-13(16)17(19)20/h3-10,17H,1,11H2,2H3. The molecule has 0 unspecified atom stereocenters. The van der Waals surface area contributed by atoms with E-state index in [1.54, 1.807) is 30.3 Å². The summed E-state index contributed by atoms with van der Waals surface area (Å²) in [6.45, 7) is 3.71. The van der Waals surface area contributed by atoms with Crippen molar-refractivity contribution < 1.29 is 13.5 Å². The number of hydrogen-bond donors (Lipinski definition) is 0. The van der Waals surface area contributed by atoms with Crippen LogP contribution >= 0.6 is 0 Å². The predicted octanol–water partition coefficient (Wildman–Crippen LogP) is 3.13. The van der Waals surface area contributed by atoms with Crippen LogP contribution in [0.15, 0.2) is 53.8 Å². The number of nitrogens with zero attached hydrogens (tertiary/aromatic N) is 4. The molecule has 6 nitrogen and oxygen atoms in total. The van der Waals surface area contributed by atoms with Crippen molar-refractivity contribution in [2.24, 2.45) is 7.05 Å². The van der Waals surface area contributed by atoms with Gasteiger partial charge in [-0.05, 0) is 34.2 Å². The fourth-order valence-electron chi connectivity index (χ4n) is 2.55. The van der Waals surface area contributed by atoms with Crippen LogP contribution in [0.5, 0.6) is 5.75 Å². The third kappa shape index (κ3) is 3.26. The zero-order valence-corrected chi connectivity index (χ0v) is 14.0. The van der Waals surface area contributed by atoms with Gasteiger partial charge < -0.3 is 4.74 Å². The third-order valence-electron chi connectivity index (χ3n) is 3.88. The van der Waals surface area contributed by atoms with Gasteiger partial charge >= 0.3 is 5.69 Å². The molecule has 8 heteroatoms. The molecule has 0 saturated heterocycles. The first-order valence-corrected chi connectivity index (χ1v) is 7.76. The number of benzene rings is 2. The minimum atomic E-state index is -2.65. The lowest BCUT2D eigenvalue weighted by atomic mass is 10.1. The molecule has 0 radical (unpaired) electrons. The summed E-state index contributed by atoms with van der Waals surface area (Å²) in [5.74, 6) is 0.0822. The number of halogens is 2. The maximum absolute atomic E-state index is 13.1. The number of alkyl halides is 2. The van der Waals surface area contributed by atoms with Crippen LogP contribution in [-0.2, 0) is 13.7 Å². The Labute approximate surface area is 147 Å². The van der Waals surface area contributed by atoms with Crippen LogP contribution in [0.25, 0.3) is 11.8 Å². The Morgan fingerprint density at radius 2 is 1.96 bits per heavy atom. The molecule has 0 saturated carbocycles. The van der Waals surface area contributed by atoms with E-state index in [-0.39, 0.29) is 17.9 Å². The van der Waals surface area contributed by atoms with Crippen molar-refractivity contribution in [3.63, 3.8) is 0 Å². The Bertz CT molecular complexity index is 995. The second-order valence-corrected chi connectivity index (χ2v) is 5.47. The van der Waals surface area contributed by atoms with E-state index in [9.17, 15) is 13.6 Å². The molecule has 2 aromatic carbocycles. The number of aryl methyl sites for hydroxylation is 1. The Kier molecular flexibility index (Phi) is 4.92. The van der Waals surface area contributed by atoms with Crippen molar-refractivity contribution in [3.8, 4) is 11.4 Å². The Hall–Kier alpha value is -3.29. The topological polar surface area (TPSA) is 61.9 Å². The van der Waals surface area contributed by atoms with Crippen molar-refractivity contribution in [1.82, 2.24) is 19.8 Å². The highest BCUT2D eigenvalue weighted by Gasteiger charge is 2.17. The first-order chi connectivity index (χ1) is 12.5. The summed E-state index contributed by atoms with van der Waals surface area (Å²) in [6, 6.07) is 11.1. The van der Waals surface area contributed by atoms with Gasteiger partial charge in [0.1, 0.15) is 12.4 Å². The molecule has 0 aliphatic rings. The summed E-state index contributed by atoms with van der Waals surface area (Å²) in [4.78, 5) is 12.2. The fourth-order valence-corrected chi connectivity index (χ4v) is 2.55. The number of tetrazole rings is 1. The highest BCUT2D eigenvalue weighted by molar-refractivity contribution is 5.58. The zero-order chi connectivity index (χ0) is 18.7. The minimum absolute atomic E-state index is 0.0374. The van der Waals surface area contributed by atoms with E-state index in [0.29, 0.717) is 16.8 Å². The van der Waals surface area contributed by atoms with Crippen LogP contribution in [-0.4, -0.2) is 19.8 Å². The summed E-state index contributed by atoms with van der Waals surface area (Å²) in [7, 11) is 1.48. The van der Waals surface area contributed by atoms with Crippen molar-refractivity contribution >= 4 is 6.08 Å². The van der Waals surface area contributed by atoms with Gasteiger partial charge in [-0.1, -0.05) is 36.9 Å². The second kappa shape index (κ2) is 7.30. The highest BCUT2D eigenvalue weighted by atomic mass is 19.3. The van der Waals surface area contributed by atoms with Crippen molar-refractivity contribution in [2.75, 3.05) is 0 Å². The molecule has 0 aliphatic heterocycles. The molecule has 0 N–H and O–H groups in total. The molecule has 3 rings (SSSR count). The molecule has 26 heavy (non-hydrogen) atoms. The number of para-hydroxylation sites is 1. The van der Waals surface area contributed by atoms with E-state index in [0.717, 1.165) is 9.36 Å². The molecule has 0 fully saturated rings. The van der Waals surface area contributed by atoms with Gasteiger partial charge in [-0.2, -0.15) is 9.36 Å². The first-order valence-electron chi connectivity index (χ1n) is 7.76. The average molecular weight is 358 g/mol. The minimum Gasteiger partial charge on any atom is -0.488 e. The largest absolute Gasteiger partial charge is 0.488 e. The molecule has 0 spiro atoms. The Morgan fingerprint density at radius 1 is 1.19 bits per heavy atom. The summed E-state index contributed by atoms with van der Waals surface area (Å²) in [5.41, 5.74) is 1.13. The molecule has 134 valence electrons. The van der Waals surface area contributed by atoms with Gasteiger partial charge in [-0.15, -0.1) is 0 Å². The molecular weight excluding hydrogens is 342 g/mol. The Morgan fingerprint density at radius 3 is 2.62 bits per heavy atom. The van der Waals surface area contributed by atoms with E-state index in [1.807, 2.05) is 0 Å². The van der Waals surface area contributed by atoms with E-state index in [4.69, 9.17) is 4.74 Å². The van der Waals surface area contributed by atoms with Crippen molar-refractivity contribution in [1.29, 1.82) is 0 Å².